The first-order valence-electron chi connectivity index (χ1n) is 16.1. The molecule has 14 nitrogen and oxygen atoms in total. The van der Waals surface area contributed by atoms with E-state index in [0.29, 0.717) is 27.2 Å². The number of para-hydroxylation sites is 1. The van der Waals surface area contributed by atoms with Crippen molar-refractivity contribution in [3.05, 3.63) is 93.3 Å². The summed E-state index contributed by atoms with van der Waals surface area (Å²) in [7, 11) is 0. The molecule has 11 N–H and O–H groups in total. The molecule has 0 spiro atoms. The maximum atomic E-state index is 15.3. The summed E-state index contributed by atoms with van der Waals surface area (Å²) >= 11 is 3.49. The number of aromatic nitrogens is 1. The number of aliphatic hydroxyl groups excluding tert-OH is 3. The van der Waals surface area contributed by atoms with Gasteiger partial charge in [-0.05, 0) is 52.9 Å². The van der Waals surface area contributed by atoms with Gasteiger partial charge in [0, 0.05) is 39.2 Å². The van der Waals surface area contributed by atoms with Crippen LogP contribution in [0.1, 0.15) is 61.7 Å². The van der Waals surface area contributed by atoms with Crippen LogP contribution in [-0.2, 0) is 15.0 Å². The second kappa shape index (κ2) is 15.8. The molecule has 16 heteroatoms. The molecule has 51 heavy (non-hydrogen) atoms. The Morgan fingerprint density at radius 2 is 1.80 bits per heavy atom. The zero-order valence-electron chi connectivity index (χ0n) is 28.0. The number of phenolic OH excluding ortho intramolecular Hbond substituents is 1. The lowest BCUT2D eigenvalue weighted by atomic mass is 9.84. The zero-order chi connectivity index (χ0) is 37.0. The number of aliphatic hydroxyl groups is 3. The molecule has 0 saturated heterocycles. The number of aliphatic carboxylic acids is 1. The fraction of sp³-hybridized carbons (Fsp3) is 0.343. The van der Waals surface area contributed by atoms with E-state index in [1.807, 2.05) is 26.8 Å². The van der Waals surface area contributed by atoms with Crippen LogP contribution in [-0.4, -0.2) is 80.1 Å². The van der Waals surface area contributed by atoms with Crippen LogP contribution >= 0.6 is 15.9 Å². The van der Waals surface area contributed by atoms with Crippen molar-refractivity contribution >= 4 is 50.4 Å². The van der Waals surface area contributed by atoms with Gasteiger partial charge in [-0.1, -0.05) is 54.9 Å². The number of nitrogens with zero attached hydrogens (tertiary/aromatic N) is 1. The van der Waals surface area contributed by atoms with Gasteiger partial charge in [-0.25, -0.2) is 4.39 Å². The summed E-state index contributed by atoms with van der Waals surface area (Å²) < 4.78 is 15.9. The first-order chi connectivity index (χ1) is 24.1. The van der Waals surface area contributed by atoms with Crippen LogP contribution in [0, 0.1) is 5.82 Å². The minimum Gasteiger partial charge on any atom is -0.508 e. The van der Waals surface area contributed by atoms with E-state index in [0.717, 1.165) is 5.56 Å². The molecule has 0 radical (unpaired) electrons. The van der Waals surface area contributed by atoms with Crippen molar-refractivity contribution in [2.75, 3.05) is 25.0 Å². The molecule has 5 unspecified atom stereocenters. The Bertz CT molecular complexity index is 1930. The molecular weight excluding hydrogens is 729 g/mol. The summed E-state index contributed by atoms with van der Waals surface area (Å²) in [6.07, 6.45) is -3.87. The monoisotopic (exact) mass is 769 g/mol. The van der Waals surface area contributed by atoms with Gasteiger partial charge >= 0.3 is 5.97 Å². The molecule has 0 saturated carbocycles. The fourth-order valence-electron chi connectivity index (χ4n) is 5.61. The minimum absolute atomic E-state index is 0.179. The molecule has 3 aromatic carbocycles. The molecule has 272 valence electrons. The first kappa shape index (κ1) is 37.7. The summed E-state index contributed by atoms with van der Waals surface area (Å²) in [5, 5.41) is 66.4. The first-order valence-corrected chi connectivity index (χ1v) is 16.9. The number of hydrogen-bond donors (Lipinski definition) is 11. The Labute approximate surface area is 301 Å². The number of benzene rings is 3. The lowest BCUT2D eigenvalue weighted by molar-refractivity contribution is -0.142. The Hall–Kier alpha value is -4.58. The highest BCUT2D eigenvalue weighted by atomic mass is 79.9. The number of carbonyl (C=O) groups is 2. The lowest BCUT2D eigenvalue weighted by Gasteiger charge is -2.30. The number of aromatic amines is 1. The quantitative estimate of drug-likeness (QED) is 0.0940. The number of anilines is 1. The van der Waals surface area contributed by atoms with Crippen molar-refractivity contribution in [3.8, 4) is 5.75 Å². The van der Waals surface area contributed by atoms with Crippen LogP contribution < -0.4 is 26.6 Å². The number of carbonyl (C=O) groups excluding carboxylic acids is 1. The number of aromatic hydroxyl groups is 1. The van der Waals surface area contributed by atoms with Crippen LogP contribution in [0.4, 0.5) is 10.1 Å². The van der Waals surface area contributed by atoms with Crippen molar-refractivity contribution < 1.29 is 39.5 Å². The van der Waals surface area contributed by atoms with Crippen molar-refractivity contribution in [1.29, 1.82) is 0 Å². The number of carboxylic acid groups (broad SMARTS) is 1. The average Bonchev–Trinajstić information content (AvgIpc) is 3.41. The van der Waals surface area contributed by atoms with Crippen molar-refractivity contribution in [2.45, 2.75) is 56.8 Å². The maximum Gasteiger partial charge on any atom is 0.323 e. The average molecular weight is 771 g/mol. The van der Waals surface area contributed by atoms with Gasteiger partial charge < -0.3 is 46.5 Å². The van der Waals surface area contributed by atoms with Crippen molar-refractivity contribution in [1.82, 2.24) is 26.3 Å². The number of aliphatic imine (C=N–C) groups is 1. The zero-order valence-corrected chi connectivity index (χ0v) is 29.6. The third-order valence-electron chi connectivity index (χ3n) is 8.28. The van der Waals surface area contributed by atoms with E-state index in [4.69, 9.17) is 0 Å². The van der Waals surface area contributed by atoms with E-state index >= 15 is 4.39 Å². The second-order valence-electron chi connectivity index (χ2n) is 13.3. The van der Waals surface area contributed by atoms with Gasteiger partial charge in [0.25, 0.3) is 0 Å². The van der Waals surface area contributed by atoms with Crippen LogP contribution in [0.2, 0.25) is 0 Å². The minimum atomic E-state index is -1.81. The van der Waals surface area contributed by atoms with Crippen LogP contribution in [0.5, 0.6) is 5.75 Å². The van der Waals surface area contributed by atoms with Crippen LogP contribution in [0.15, 0.2) is 70.1 Å². The molecule has 1 amide bonds. The molecule has 0 fully saturated rings. The number of nitrogens with one attached hydrogen (secondary N) is 6. The van der Waals surface area contributed by atoms with Crippen LogP contribution in [0.3, 0.4) is 0 Å². The normalized spacial score (nSPS) is 17.2. The van der Waals surface area contributed by atoms with E-state index < -0.39 is 54.9 Å². The van der Waals surface area contributed by atoms with Gasteiger partial charge in [0.15, 0.2) is 11.8 Å². The molecular formula is C35H41BrFN7O7. The summed E-state index contributed by atoms with van der Waals surface area (Å²) in [5.41, 5.74) is 1.55. The topological polar surface area (TPSA) is 224 Å². The summed E-state index contributed by atoms with van der Waals surface area (Å²) in [4.78, 5) is 33.2. The molecule has 5 rings (SSSR count). The summed E-state index contributed by atoms with van der Waals surface area (Å²) in [6, 6.07) is 13.0. The highest BCUT2D eigenvalue weighted by Gasteiger charge is 2.35. The standard InChI is InChI=1S/C35H41BrFN7O7/c1-35(2,3)19-8-17(9-20(36)12-19)28(30(33(50)51)44-32(49)29-27(37)24-6-4-5-7-25(24)42-29)43-26(47)16-38-31(48)18-10-21(13-22(45)11-18)41-34-39-14-23(46)15-40-34/h4-13,23,28,30-32,38,42,44-46,48-49H,14-16H2,1-3H3,(H,43,47)(H,50,51)(H2,39,40,41). The van der Waals surface area contributed by atoms with Crippen molar-refractivity contribution in [2.24, 2.45) is 4.99 Å². The predicted molar refractivity (Wildman–Crippen MR) is 193 cm³/mol. The van der Waals surface area contributed by atoms with Gasteiger partial charge in [-0.3, -0.25) is 25.2 Å². The Balaban J connectivity index is 1.37. The molecule has 2 heterocycles. The number of phenols is 1. The Morgan fingerprint density at radius 1 is 1.06 bits per heavy atom. The molecule has 1 aliphatic rings. The third-order valence-corrected chi connectivity index (χ3v) is 8.74. The SMILES string of the molecule is CC(C)(C)c1cc(Br)cc(C(NC(=O)CNC(O)c2cc(O)cc(NC3=NCC(O)CN3)c2)C(NC(O)c2[nH]c3ccccc3c2F)C(=O)O)c1. The number of rotatable bonds is 12. The number of hydrogen-bond acceptors (Lipinski definition) is 11. The van der Waals surface area contributed by atoms with E-state index in [-0.39, 0.29) is 40.9 Å². The van der Waals surface area contributed by atoms with Gasteiger partial charge in [-0.15, -0.1) is 0 Å². The number of amides is 1. The molecule has 4 aromatic rings. The summed E-state index contributed by atoms with van der Waals surface area (Å²) in [6.45, 7) is 5.89. The highest BCUT2D eigenvalue weighted by molar-refractivity contribution is 9.10. The van der Waals surface area contributed by atoms with Crippen molar-refractivity contribution in [3.63, 3.8) is 0 Å². The number of carboxylic acids is 1. The van der Waals surface area contributed by atoms with E-state index in [2.05, 4.69) is 52.5 Å². The molecule has 0 aliphatic carbocycles. The highest BCUT2D eigenvalue weighted by Crippen LogP contribution is 2.32. The fourth-order valence-corrected chi connectivity index (χ4v) is 6.12. The molecule has 0 bridgehead atoms. The molecule has 1 aromatic heterocycles. The van der Waals surface area contributed by atoms with E-state index in [1.54, 1.807) is 30.3 Å². The lowest BCUT2D eigenvalue weighted by Crippen LogP contribution is -2.51. The maximum absolute atomic E-state index is 15.3. The Morgan fingerprint density at radius 3 is 2.47 bits per heavy atom. The largest absolute Gasteiger partial charge is 0.508 e. The van der Waals surface area contributed by atoms with Gasteiger partial charge in [-0.2, -0.15) is 0 Å². The second-order valence-corrected chi connectivity index (χ2v) is 14.2. The Kier molecular flexibility index (Phi) is 11.6. The number of β-amino-alcohol motifs (C(OH)–C–C–N with tert-alkyl or cyclic N) is 1. The van der Waals surface area contributed by atoms with Gasteiger partial charge in [0.05, 0.1) is 30.9 Å². The van der Waals surface area contributed by atoms with Crippen LogP contribution in [0.25, 0.3) is 10.9 Å². The summed E-state index contributed by atoms with van der Waals surface area (Å²) in [5.74, 6) is -2.72. The molecule has 1 aliphatic heterocycles. The van der Waals surface area contributed by atoms with Gasteiger partial charge in [0.1, 0.15) is 24.2 Å². The predicted octanol–water partition coefficient (Wildman–Crippen LogP) is 2.98. The smallest absolute Gasteiger partial charge is 0.323 e. The number of H-pyrrole nitrogens is 1. The van der Waals surface area contributed by atoms with E-state index in [9.17, 15) is 35.1 Å². The number of guanidine groups is 1. The molecule has 5 atom stereocenters. The number of halogens is 2. The number of fused-ring (bicyclic) bond motifs is 1. The van der Waals surface area contributed by atoms with E-state index in [1.165, 1.54) is 24.3 Å². The third kappa shape index (κ3) is 9.40. The van der Waals surface area contributed by atoms with Gasteiger partial charge in [0.2, 0.25) is 5.91 Å².